The van der Waals surface area contributed by atoms with E-state index >= 15 is 0 Å². The van der Waals surface area contributed by atoms with Gasteiger partial charge in [0, 0.05) is 24.8 Å². The summed E-state index contributed by atoms with van der Waals surface area (Å²) in [5.74, 6) is 1.20. The summed E-state index contributed by atoms with van der Waals surface area (Å²) in [6.45, 7) is 0. The summed E-state index contributed by atoms with van der Waals surface area (Å²) in [5.41, 5.74) is 0.721. The van der Waals surface area contributed by atoms with E-state index in [-0.39, 0.29) is 16.3 Å². The van der Waals surface area contributed by atoms with Crippen LogP contribution in [0.3, 0.4) is 0 Å². The fourth-order valence-corrected chi connectivity index (χ4v) is 3.31. The SMILES string of the molecule is Cn1ncc(-c2nc(C3CC3)no2)c1NC(=O)c1cccc(S(C)(=O)=O)c1. The summed E-state index contributed by atoms with van der Waals surface area (Å²) in [4.78, 5) is 17.1. The van der Waals surface area contributed by atoms with Gasteiger partial charge in [-0.3, -0.25) is 9.48 Å². The van der Waals surface area contributed by atoms with Gasteiger partial charge >= 0.3 is 0 Å². The maximum absolute atomic E-state index is 12.6. The molecule has 1 amide bonds. The standard InChI is InChI=1S/C17H17N5O4S/c1-22-15(13(9-18-22)17-19-14(21-26-17)10-6-7-10)20-16(23)11-4-3-5-12(8-11)27(2,24)25/h3-5,8-10H,6-7H2,1-2H3,(H,20,23). The summed E-state index contributed by atoms with van der Waals surface area (Å²) in [6, 6.07) is 5.84. The van der Waals surface area contributed by atoms with Crippen LogP contribution in [0.15, 0.2) is 39.9 Å². The molecule has 4 rings (SSSR count). The van der Waals surface area contributed by atoms with Crippen molar-refractivity contribution in [3.8, 4) is 11.5 Å². The highest BCUT2D eigenvalue weighted by atomic mass is 32.2. The highest BCUT2D eigenvalue weighted by Gasteiger charge is 2.30. The first-order chi connectivity index (χ1) is 12.8. The Morgan fingerprint density at radius 1 is 1.33 bits per heavy atom. The first-order valence-electron chi connectivity index (χ1n) is 8.30. The molecule has 0 unspecified atom stereocenters. The van der Waals surface area contributed by atoms with Crippen LogP contribution in [-0.4, -0.2) is 40.5 Å². The number of aromatic nitrogens is 4. The average molecular weight is 387 g/mol. The number of aryl methyl sites for hydroxylation is 1. The molecule has 1 N–H and O–H groups in total. The number of amides is 1. The second-order valence-corrected chi connectivity index (χ2v) is 8.53. The molecule has 2 aromatic heterocycles. The molecule has 0 aliphatic heterocycles. The van der Waals surface area contributed by atoms with Gasteiger partial charge in [-0.1, -0.05) is 11.2 Å². The van der Waals surface area contributed by atoms with E-state index < -0.39 is 15.7 Å². The quantitative estimate of drug-likeness (QED) is 0.711. The van der Waals surface area contributed by atoms with E-state index in [0.717, 1.165) is 19.1 Å². The van der Waals surface area contributed by atoms with Gasteiger partial charge in [0.05, 0.1) is 11.1 Å². The van der Waals surface area contributed by atoms with Gasteiger partial charge in [-0.2, -0.15) is 10.1 Å². The minimum absolute atomic E-state index is 0.0753. The van der Waals surface area contributed by atoms with Gasteiger partial charge in [-0.15, -0.1) is 0 Å². The summed E-state index contributed by atoms with van der Waals surface area (Å²) in [5, 5.41) is 10.9. The van der Waals surface area contributed by atoms with Crippen molar-refractivity contribution in [1.82, 2.24) is 19.9 Å². The summed E-state index contributed by atoms with van der Waals surface area (Å²) in [6.07, 6.45) is 4.72. The Hall–Kier alpha value is -3.01. The predicted octanol–water partition coefficient (Wildman–Crippen LogP) is 2.00. The van der Waals surface area contributed by atoms with Gasteiger partial charge in [0.25, 0.3) is 11.8 Å². The number of nitrogens with one attached hydrogen (secondary N) is 1. The summed E-state index contributed by atoms with van der Waals surface area (Å²) >= 11 is 0. The molecule has 1 aliphatic carbocycles. The molecule has 3 aromatic rings. The van der Waals surface area contributed by atoms with Crippen LogP contribution in [0.1, 0.15) is 34.9 Å². The first-order valence-corrected chi connectivity index (χ1v) is 10.2. The Morgan fingerprint density at radius 3 is 2.81 bits per heavy atom. The van der Waals surface area contributed by atoms with Crippen molar-refractivity contribution in [2.24, 2.45) is 7.05 Å². The molecule has 0 saturated heterocycles. The minimum Gasteiger partial charge on any atom is -0.334 e. The van der Waals surface area contributed by atoms with E-state index in [9.17, 15) is 13.2 Å². The van der Waals surface area contributed by atoms with Gasteiger partial charge in [0.2, 0.25) is 0 Å². The van der Waals surface area contributed by atoms with E-state index in [1.54, 1.807) is 7.05 Å². The minimum atomic E-state index is -3.41. The Kier molecular flexibility index (Phi) is 4.06. The van der Waals surface area contributed by atoms with E-state index in [1.807, 2.05) is 0 Å². The highest BCUT2D eigenvalue weighted by Crippen LogP contribution is 2.39. The number of hydrogen-bond acceptors (Lipinski definition) is 7. The Balaban J connectivity index is 1.63. The Labute approximate surface area is 155 Å². The molecule has 10 heteroatoms. The zero-order valence-electron chi connectivity index (χ0n) is 14.7. The number of nitrogens with zero attached hydrogens (tertiary/aromatic N) is 4. The second-order valence-electron chi connectivity index (χ2n) is 6.52. The monoisotopic (exact) mass is 387 g/mol. The fourth-order valence-electron chi connectivity index (χ4n) is 2.64. The van der Waals surface area contributed by atoms with E-state index in [4.69, 9.17) is 4.52 Å². The molecule has 9 nitrogen and oxygen atoms in total. The number of rotatable bonds is 5. The van der Waals surface area contributed by atoms with Crippen LogP contribution in [0.5, 0.6) is 0 Å². The zero-order chi connectivity index (χ0) is 19.2. The van der Waals surface area contributed by atoms with E-state index in [2.05, 4.69) is 20.6 Å². The van der Waals surface area contributed by atoms with Gasteiger partial charge in [0.15, 0.2) is 15.7 Å². The smallest absolute Gasteiger partial charge is 0.263 e. The molecule has 1 aliphatic rings. The molecular formula is C17H17N5O4S. The van der Waals surface area contributed by atoms with Crippen molar-refractivity contribution in [3.63, 3.8) is 0 Å². The normalized spacial score (nSPS) is 14.3. The third-order valence-electron chi connectivity index (χ3n) is 4.31. The number of sulfone groups is 1. The van der Waals surface area contributed by atoms with Gasteiger partial charge in [-0.05, 0) is 31.0 Å². The summed E-state index contributed by atoms with van der Waals surface area (Å²) in [7, 11) is -1.74. The first kappa shape index (κ1) is 17.4. The average Bonchev–Trinajstić information content (AvgIpc) is 3.26. The van der Waals surface area contributed by atoms with Crippen LogP contribution in [0, 0.1) is 0 Å². The van der Waals surface area contributed by atoms with Gasteiger partial charge in [-0.25, -0.2) is 8.42 Å². The topological polar surface area (TPSA) is 120 Å². The molecule has 1 aromatic carbocycles. The number of carbonyl (C=O) groups is 1. The largest absolute Gasteiger partial charge is 0.334 e. The molecule has 1 saturated carbocycles. The molecular weight excluding hydrogens is 370 g/mol. The molecule has 0 atom stereocenters. The lowest BCUT2D eigenvalue weighted by Gasteiger charge is -2.08. The van der Waals surface area contributed by atoms with Crippen molar-refractivity contribution in [3.05, 3.63) is 41.9 Å². The molecule has 140 valence electrons. The lowest BCUT2D eigenvalue weighted by atomic mass is 10.2. The van der Waals surface area contributed by atoms with Crippen molar-refractivity contribution < 1.29 is 17.7 Å². The number of carbonyl (C=O) groups excluding carboxylic acids is 1. The van der Waals surface area contributed by atoms with E-state index in [0.29, 0.717) is 23.1 Å². The van der Waals surface area contributed by atoms with Crippen LogP contribution in [0.4, 0.5) is 5.82 Å². The number of anilines is 1. The maximum Gasteiger partial charge on any atom is 0.263 e. The van der Waals surface area contributed by atoms with Crippen molar-refractivity contribution >= 4 is 21.6 Å². The molecule has 0 spiro atoms. The van der Waals surface area contributed by atoms with Crippen molar-refractivity contribution in [2.75, 3.05) is 11.6 Å². The van der Waals surface area contributed by atoms with Crippen LogP contribution in [-0.2, 0) is 16.9 Å². The maximum atomic E-state index is 12.6. The molecule has 0 bridgehead atoms. The van der Waals surface area contributed by atoms with Crippen LogP contribution < -0.4 is 5.32 Å². The van der Waals surface area contributed by atoms with Crippen LogP contribution in [0.2, 0.25) is 0 Å². The van der Waals surface area contributed by atoms with Gasteiger partial charge < -0.3 is 9.84 Å². The van der Waals surface area contributed by atoms with E-state index in [1.165, 1.54) is 35.1 Å². The number of benzene rings is 1. The third kappa shape index (κ3) is 3.47. The second kappa shape index (κ2) is 6.31. The van der Waals surface area contributed by atoms with Gasteiger partial charge in [0.1, 0.15) is 11.4 Å². The molecule has 1 fully saturated rings. The molecule has 2 heterocycles. The Morgan fingerprint density at radius 2 is 2.11 bits per heavy atom. The zero-order valence-corrected chi connectivity index (χ0v) is 15.5. The van der Waals surface area contributed by atoms with Crippen LogP contribution in [0.25, 0.3) is 11.5 Å². The van der Waals surface area contributed by atoms with Crippen LogP contribution >= 0.6 is 0 Å². The molecule has 27 heavy (non-hydrogen) atoms. The fraction of sp³-hybridized carbons (Fsp3) is 0.294. The lowest BCUT2D eigenvalue weighted by Crippen LogP contribution is -2.15. The lowest BCUT2D eigenvalue weighted by molar-refractivity contribution is 0.102. The predicted molar refractivity (Wildman–Crippen MR) is 96.0 cm³/mol. The van der Waals surface area contributed by atoms with Crippen molar-refractivity contribution in [1.29, 1.82) is 0 Å². The summed E-state index contributed by atoms with van der Waals surface area (Å²) < 4.78 is 30.2. The molecule has 0 radical (unpaired) electrons. The third-order valence-corrected chi connectivity index (χ3v) is 5.42. The Bertz CT molecular complexity index is 1130. The number of hydrogen-bond donors (Lipinski definition) is 1. The highest BCUT2D eigenvalue weighted by molar-refractivity contribution is 7.90. The van der Waals surface area contributed by atoms with Crippen molar-refractivity contribution in [2.45, 2.75) is 23.7 Å².